The molecule has 3 N–H and O–H groups in total. The van der Waals surface area contributed by atoms with E-state index in [9.17, 15) is 9.59 Å². The van der Waals surface area contributed by atoms with Gasteiger partial charge in [-0.1, -0.05) is 0 Å². The molecule has 1 amide bonds. The molecule has 0 bridgehead atoms. The minimum atomic E-state index is -0.843. The third kappa shape index (κ3) is 5.97. The second kappa shape index (κ2) is 7.33. The van der Waals surface area contributed by atoms with Crippen LogP contribution in [0.15, 0.2) is 0 Å². The molecule has 0 aromatic rings. The van der Waals surface area contributed by atoms with Crippen molar-refractivity contribution in [3.05, 3.63) is 0 Å². The molecule has 1 fully saturated rings. The highest BCUT2D eigenvalue weighted by Crippen LogP contribution is 2.27. The number of hydrogen-bond acceptors (Lipinski definition) is 4. The van der Waals surface area contributed by atoms with Crippen LogP contribution in [-0.2, 0) is 9.59 Å². The lowest BCUT2D eigenvalue weighted by atomic mass is 9.82. The topological polar surface area (TPSA) is 89.9 Å². The van der Waals surface area contributed by atoms with Gasteiger partial charge in [-0.15, -0.1) is 0 Å². The molecule has 1 aliphatic rings. The van der Waals surface area contributed by atoms with Gasteiger partial charge >= 0.3 is 5.97 Å². The van der Waals surface area contributed by atoms with E-state index in [2.05, 4.69) is 5.32 Å². The third-order valence-corrected chi connectivity index (χ3v) is 3.08. The van der Waals surface area contributed by atoms with Crippen molar-refractivity contribution in [2.75, 3.05) is 26.7 Å². The molecule has 0 aliphatic heterocycles. The first kappa shape index (κ1) is 14.9. The summed E-state index contributed by atoms with van der Waals surface area (Å²) in [5.41, 5.74) is 0. The van der Waals surface area contributed by atoms with Crippen LogP contribution >= 0.6 is 0 Å². The Labute approximate surface area is 107 Å². The van der Waals surface area contributed by atoms with E-state index in [0.717, 1.165) is 19.4 Å². The Kier molecular flexibility index (Phi) is 6.07. The maximum absolute atomic E-state index is 11.5. The van der Waals surface area contributed by atoms with Crippen molar-refractivity contribution in [1.82, 2.24) is 10.2 Å². The summed E-state index contributed by atoms with van der Waals surface area (Å²) in [7, 11) is 1.88. The first-order valence-corrected chi connectivity index (χ1v) is 6.32. The SMILES string of the molecule is CN(CC(=O)NCCCC(=O)O)CC1CC(O)C1. The number of rotatable bonds is 8. The Morgan fingerprint density at radius 2 is 2.06 bits per heavy atom. The van der Waals surface area contributed by atoms with Crippen LogP contribution in [0.4, 0.5) is 0 Å². The van der Waals surface area contributed by atoms with Gasteiger partial charge in [-0.2, -0.15) is 0 Å². The summed E-state index contributed by atoms with van der Waals surface area (Å²) >= 11 is 0. The number of carbonyl (C=O) groups is 2. The molecular formula is C12H22N2O4. The van der Waals surface area contributed by atoms with Gasteiger partial charge in [0.2, 0.25) is 5.91 Å². The van der Waals surface area contributed by atoms with E-state index in [0.29, 0.717) is 25.4 Å². The van der Waals surface area contributed by atoms with Crippen molar-refractivity contribution in [1.29, 1.82) is 0 Å². The molecular weight excluding hydrogens is 236 g/mol. The molecule has 0 atom stereocenters. The van der Waals surface area contributed by atoms with Gasteiger partial charge in [0.05, 0.1) is 12.6 Å². The van der Waals surface area contributed by atoms with Gasteiger partial charge in [0, 0.05) is 19.5 Å². The van der Waals surface area contributed by atoms with E-state index in [-0.39, 0.29) is 18.4 Å². The molecule has 6 nitrogen and oxygen atoms in total. The highest BCUT2D eigenvalue weighted by atomic mass is 16.4. The van der Waals surface area contributed by atoms with E-state index in [1.165, 1.54) is 0 Å². The normalized spacial score (nSPS) is 22.6. The van der Waals surface area contributed by atoms with Gasteiger partial charge in [0.1, 0.15) is 0 Å². The Morgan fingerprint density at radius 3 is 2.61 bits per heavy atom. The molecule has 0 radical (unpaired) electrons. The smallest absolute Gasteiger partial charge is 0.303 e. The zero-order valence-corrected chi connectivity index (χ0v) is 10.8. The van der Waals surface area contributed by atoms with Gasteiger partial charge < -0.3 is 15.5 Å². The molecule has 1 saturated carbocycles. The number of aliphatic hydroxyl groups excluding tert-OH is 1. The average molecular weight is 258 g/mol. The standard InChI is InChI=1S/C12H22N2O4/c1-14(7-9-5-10(15)6-9)8-11(16)13-4-2-3-12(17)18/h9-10,15H,2-8H2,1H3,(H,13,16)(H,17,18). The molecule has 0 spiro atoms. The van der Waals surface area contributed by atoms with E-state index in [4.69, 9.17) is 10.2 Å². The summed E-state index contributed by atoms with van der Waals surface area (Å²) in [6.07, 6.45) is 2.03. The van der Waals surface area contributed by atoms with Crippen molar-refractivity contribution in [3.63, 3.8) is 0 Å². The average Bonchev–Trinajstić information content (AvgIpc) is 2.22. The van der Waals surface area contributed by atoms with E-state index in [1.807, 2.05) is 11.9 Å². The quantitative estimate of drug-likeness (QED) is 0.519. The number of carbonyl (C=O) groups excluding carboxylic acids is 1. The zero-order chi connectivity index (χ0) is 13.5. The van der Waals surface area contributed by atoms with Crippen LogP contribution in [0.2, 0.25) is 0 Å². The van der Waals surface area contributed by atoms with Crippen LogP contribution in [0.5, 0.6) is 0 Å². The molecule has 6 heteroatoms. The summed E-state index contributed by atoms with van der Waals surface area (Å²) in [6, 6.07) is 0. The van der Waals surface area contributed by atoms with Crippen molar-refractivity contribution >= 4 is 11.9 Å². The number of carboxylic acid groups (broad SMARTS) is 1. The number of aliphatic hydroxyl groups is 1. The number of nitrogens with zero attached hydrogens (tertiary/aromatic N) is 1. The second-order valence-corrected chi connectivity index (χ2v) is 5.04. The zero-order valence-electron chi connectivity index (χ0n) is 10.8. The predicted octanol–water partition coefficient (Wildman–Crippen LogP) is -0.330. The number of hydrogen-bond donors (Lipinski definition) is 3. The Bertz CT molecular complexity index is 290. The number of carboxylic acids is 1. The minimum Gasteiger partial charge on any atom is -0.481 e. The lowest BCUT2D eigenvalue weighted by molar-refractivity contribution is -0.137. The van der Waals surface area contributed by atoms with Crippen molar-refractivity contribution in [3.8, 4) is 0 Å². The number of likely N-dealkylation sites (N-methyl/N-ethyl adjacent to an activating group) is 1. The van der Waals surface area contributed by atoms with Crippen LogP contribution < -0.4 is 5.32 Å². The summed E-state index contributed by atoms with van der Waals surface area (Å²) in [6.45, 7) is 1.54. The maximum Gasteiger partial charge on any atom is 0.303 e. The van der Waals surface area contributed by atoms with Crippen LogP contribution in [0, 0.1) is 5.92 Å². The highest BCUT2D eigenvalue weighted by Gasteiger charge is 2.28. The van der Waals surface area contributed by atoms with Crippen LogP contribution in [0.25, 0.3) is 0 Å². The van der Waals surface area contributed by atoms with Crippen LogP contribution in [0.1, 0.15) is 25.7 Å². The Morgan fingerprint density at radius 1 is 1.39 bits per heavy atom. The minimum absolute atomic E-state index is 0.0794. The number of nitrogens with one attached hydrogen (secondary N) is 1. The fourth-order valence-electron chi connectivity index (χ4n) is 2.12. The largest absolute Gasteiger partial charge is 0.481 e. The van der Waals surface area contributed by atoms with Crippen molar-refractivity contribution < 1.29 is 19.8 Å². The summed E-state index contributed by atoms with van der Waals surface area (Å²) < 4.78 is 0. The summed E-state index contributed by atoms with van der Waals surface area (Å²) in [4.78, 5) is 23.7. The Balaban J connectivity index is 2.02. The monoisotopic (exact) mass is 258 g/mol. The molecule has 1 rings (SSSR count). The molecule has 1 aliphatic carbocycles. The summed E-state index contributed by atoms with van der Waals surface area (Å²) in [5, 5.41) is 20.3. The summed E-state index contributed by atoms with van der Waals surface area (Å²) in [5.74, 6) is -0.433. The molecule has 0 saturated heterocycles. The van der Waals surface area contributed by atoms with E-state index in [1.54, 1.807) is 0 Å². The Hall–Kier alpha value is -1.14. The number of aliphatic carboxylic acids is 1. The lowest BCUT2D eigenvalue weighted by Gasteiger charge is -2.34. The van der Waals surface area contributed by atoms with Gasteiger partial charge in [0.25, 0.3) is 0 Å². The lowest BCUT2D eigenvalue weighted by Crippen LogP contribution is -2.41. The van der Waals surface area contributed by atoms with Crippen LogP contribution in [0.3, 0.4) is 0 Å². The van der Waals surface area contributed by atoms with E-state index >= 15 is 0 Å². The maximum atomic E-state index is 11.5. The first-order valence-electron chi connectivity index (χ1n) is 6.32. The molecule has 104 valence electrons. The molecule has 18 heavy (non-hydrogen) atoms. The van der Waals surface area contributed by atoms with Gasteiger partial charge in [-0.3, -0.25) is 14.5 Å². The third-order valence-electron chi connectivity index (χ3n) is 3.08. The predicted molar refractivity (Wildman–Crippen MR) is 66.1 cm³/mol. The van der Waals surface area contributed by atoms with Gasteiger partial charge in [0.15, 0.2) is 0 Å². The molecule has 0 aromatic carbocycles. The molecule has 0 unspecified atom stereocenters. The molecule has 0 heterocycles. The van der Waals surface area contributed by atoms with E-state index < -0.39 is 5.97 Å². The van der Waals surface area contributed by atoms with Gasteiger partial charge in [-0.25, -0.2) is 0 Å². The highest BCUT2D eigenvalue weighted by molar-refractivity contribution is 5.78. The fraction of sp³-hybridized carbons (Fsp3) is 0.833. The fourth-order valence-corrected chi connectivity index (χ4v) is 2.12. The second-order valence-electron chi connectivity index (χ2n) is 5.04. The number of amides is 1. The van der Waals surface area contributed by atoms with Crippen molar-refractivity contribution in [2.45, 2.75) is 31.8 Å². The van der Waals surface area contributed by atoms with Crippen molar-refractivity contribution in [2.24, 2.45) is 5.92 Å². The van der Waals surface area contributed by atoms with Gasteiger partial charge in [-0.05, 0) is 32.2 Å². The molecule has 0 aromatic heterocycles. The van der Waals surface area contributed by atoms with Crippen LogP contribution in [-0.4, -0.2) is 59.8 Å². The first-order chi connectivity index (χ1) is 8.47.